The fourth-order valence-corrected chi connectivity index (χ4v) is 25.4. The van der Waals surface area contributed by atoms with Crippen LogP contribution in [0.3, 0.4) is 0 Å². The monoisotopic (exact) mass is 1310 g/mol. The van der Waals surface area contributed by atoms with Gasteiger partial charge in [-0.3, -0.25) is 0 Å². The van der Waals surface area contributed by atoms with Crippen LogP contribution in [0.1, 0.15) is 128 Å². The van der Waals surface area contributed by atoms with Gasteiger partial charge in [-0.25, -0.2) is 101 Å². The van der Waals surface area contributed by atoms with Gasteiger partial charge in [0.25, 0.3) is 0 Å². The summed E-state index contributed by atoms with van der Waals surface area (Å²) in [6.07, 6.45) is 2.51. The zero-order chi connectivity index (χ0) is 57.5. The van der Waals surface area contributed by atoms with Crippen molar-refractivity contribution in [3.05, 3.63) is 0 Å². The largest absolute Gasteiger partial charge is 0.224 e. The molecule has 0 unspecified atom stereocenters. The van der Waals surface area contributed by atoms with Crippen molar-refractivity contribution < 1.29 is 101 Å². The van der Waals surface area contributed by atoms with Crippen LogP contribution in [0.25, 0.3) is 0 Å². The molecule has 0 fully saturated rings. The van der Waals surface area contributed by atoms with E-state index < -0.39 is 178 Å². The van der Waals surface area contributed by atoms with Crippen LogP contribution in [0.5, 0.6) is 0 Å². The number of unbranched alkanes of at least 4 members (excludes halogenated alkanes) is 15. The van der Waals surface area contributed by atoms with E-state index in [9.17, 15) is 101 Å². The van der Waals surface area contributed by atoms with Crippen molar-refractivity contribution in [3.8, 4) is 0 Å². The predicted octanol–water partition coefficient (Wildman–Crippen LogP) is -2.46. The SMILES string of the molecule is CS(=O)(=O)NS(=O)(=O)CCCCCCS(=O)(=O)NS(=O)(=O)CCCCCCS(=O)(=O)NS(=O)(=O)CCCCCCS(=O)(=O)NS(=O)(=O)CCCCCCS(=O)(=O)NS(=O)(=O)CCCCCCS(=O)(=O)NS(C)(=O)=O. The highest BCUT2D eigenvalue weighted by atomic mass is 32.3. The summed E-state index contributed by atoms with van der Waals surface area (Å²) in [5.74, 6) is -6.01. The minimum absolute atomic E-state index is 0.0180. The third kappa shape index (κ3) is 43.1. The van der Waals surface area contributed by atoms with Crippen LogP contribution >= 0.6 is 0 Å². The average Bonchev–Trinajstić information content (AvgIpc) is 3.14. The Hall–Kier alpha value is -0.840. The molecule has 0 atom stereocenters. The van der Waals surface area contributed by atoms with Gasteiger partial charge in [0, 0.05) is 0 Å². The van der Waals surface area contributed by atoms with Crippen molar-refractivity contribution in [2.24, 2.45) is 0 Å². The molecule has 0 aromatic rings. The lowest BCUT2D eigenvalue weighted by atomic mass is 10.2. The highest BCUT2D eigenvalue weighted by Crippen LogP contribution is 2.11. The van der Waals surface area contributed by atoms with Crippen LogP contribution in [0.4, 0.5) is 0 Å². The van der Waals surface area contributed by atoms with Gasteiger partial charge in [0.15, 0.2) is 0 Å². The molecule has 0 radical (unpaired) electrons. The van der Waals surface area contributed by atoms with E-state index in [1.807, 2.05) is 0 Å². The second-order valence-electron chi connectivity index (χ2n) is 17.3. The first-order chi connectivity index (χ1) is 33.3. The fourth-order valence-electron chi connectivity index (χ4n) is 6.34. The third-order valence-corrected chi connectivity index (χ3v) is 30.3. The Morgan fingerprint density at radius 3 is 0.351 bits per heavy atom. The maximum atomic E-state index is 12.4. The van der Waals surface area contributed by atoms with Crippen LogP contribution < -0.4 is 24.8 Å². The fraction of sp³-hybridized carbons (Fsp3) is 1.00. The molecule has 0 spiro atoms. The van der Waals surface area contributed by atoms with Gasteiger partial charge in [-0.2, -0.15) is 0 Å². The molecule has 0 aliphatic carbocycles. The summed E-state index contributed by atoms with van der Waals surface area (Å²) in [6, 6.07) is 0. The van der Waals surface area contributed by atoms with Crippen molar-refractivity contribution in [1.29, 1.82) is 0 Å². The summed E-state index contributed by atoms with van der Waals surface area (Å²) in [7, 11) is -50.7. The summed E-state index contributed by atoms with van der Waals surface area (Å²) in [4.78, 5) is 0. The molecule has 0 amide bonds. The average molecular weight is 1310 g/mol. The summed E-state index contributed by atoms with van der Waals surface area (Å²) in [5.41, 5.74) is 0. The van der Waals surface area contributed by atoms with Crippen LogP contribution in [0.15, 0.2) is 0 Å². The van der Waals surface area contributed by atoms with E-state index in [1.54, 1.807) is 16.5 Å². The molecule has 74 heavy (non-hydrogen) atoms. The molecule has 446 valence electrons. The second-order valence-corrected chi connectivity index (χ2v) is 40.8. The molecule has 0 aliphatic heterocycles. The van der Waals surface area contributed by atoms with E-state index in [0.29, 0.717) is 12.5 Å². The van der Waals surface area contributed by atoms with Gasteiger partial charge in [0.2, 0.25) is 120 Å². The summed E-state index contributed by atoms with van der Waals surface area (Å²) < 4.78 is 297. The Bertz CT molecular complexity index is 2950. The second kappa shape index (κ2) is 31.8. The van der Waals surface area contributed by atoms with E-state index in [-0.39, 0.29) is 128 Å². The highest BCUT2D eigenvalue weighted by Gasteiger charge is 2.25. The van der Waals surface area contributed by atoms with Crippen molar-refractivity contribution in [1.82, 2.24) is 24.8 Å². The number of hydrogen-bond donors (Lipinski definition) is 6. The quantitative estimate of drug-likeness (QED) is 0.0344. The molecule has 0 aromatic heterocycles. The Balaban J connectivity index is 4.38. The van der Waals surface area contributed by atoms with Gasteiger partial charge in [-0.05, 0) is 64.2 Å². The first kappa shape index (κ1) is 73.2. The highest BCUT2D eigenvalue weighted by molar-refractivity contribution is 8.06. The molecule has 30 nitrogen and oxygen atoms in total. The Labute approximate surface area is 440 Å². The van der Waals surface area contributed by atoms with E-state index >= 15 is 0 Å². The first-order valence-electron chi connectivity index (χ1n) is 22.7. The van der Waals surface area contributed by atoms with Gasteiger partial charge in [0.1, 0.15) is 0 Å². The Morgan fingerprint density at radius 1 is 0.162 bits per heavy atom. The maximum absolute atomic E-state index is 12.4. The number of sulfonamides is 12. The van der Waals surface area contributed by atoms with E-state index in [4.69, 9.17) is 0 Å². The number of rotatable bonds is 47. The van der Waals surface area contributed by atoms with Gasteiger partial charge < -0.3 is 0 Å². The molecular weight excluding hydrogens is 1240 g/mol. The molecule has 42 heteroatoms. The molecule has 0 saturated heterocycles. The maximum Gasteiger partial charge on any atom is 0.224 e. The van der Waals surface area contributed by atoms with Crippen molar-refractivity contribution >= 4 is 120 Å². The normalized spacial score (nSPS) is 14.4. The summed E-state index contributed by atoms with van der Waals surface area (Å²) in [6.45, 7) is 0. The molecule has 0 bridgehead atoms. The molecule has 0 rings (SSSR count). The lowest BCUT2D eigenvalue weighted by Gasteiger charge is -2.10. The lowest BCUT2D eigenvalue weighted by Crippen LogP contribution is -2.34. The molecule has 0 saturated carbocycles. The molecular formula is C32H72N6O24S12. The number of nitrogens with one attached hydrogen (secondary N) is 6. The van der Waals surface area contributed by atoms with E-state index in [2.05, 4.69) is 0 Å². The standard InChI is InChI=1S/C32H72N6O24S12/c1-63(39,40)33-65(43,44)23-13-3-5-15-25-67(47,48)35-69(51,52)27-17-7-9-19-29-71(55,56)37-73(59,60)31-21-11-12-22-32-74(61,62)38-72(57,58)30-20-10-8-18-28-70(53,54)36-68(49,50)26-16-6-4-14-24-66(45,46)34-64(2,41)42/h33-38H,3-32H2,1-2H3. The van der Waals surface area contributed by atoms with Gasteiger partial charge in [-0.1, -0.05) is 64.2 Å². The summed E-state index contributed by atoms with van der Waals surface area (Å²) in [5, 5.41) is 0. The van der Waals surface area contributed by atoms with Crippen LogP contribution in [-0.4, -0.2) is 171 Å². The van der Waals surface area contributed by atoms with E-state index in [1.165, 1.54) is 8.25 Å². The molecule has 6 N–H and O–H groups in total. The van der Waals surface area contributed by atoms with Crippen molar-refractivity contribution in [2.45, 2.75) is 128 Å². The van der Waals surface area contributed by atoms with Crippen LogP contribution in [-0.2, 0) is 120 Å². The smallest absolute Gasteiger partial charge is 0.212 e. The summed E-state index contributed by atoms with van der Waals surface area (Å²) >= 11 is 0. The molecule has 0 aliphatic rings. The third-order valence-electron chi connectivity index (χ3n) is 9.45. The molecule has 0 aromatic carbocycles. The van der Waals surface area contributed by atoms with Crippen LogP contribution in [0, 0.1) is 0 Å². The minimum atomic E-state index is -4.35. The van der Waals surface area contributed by atoms with E-state index in [0.717, 1.165) is 0 Å². The number of hydrogen-bond acceptors (Lipinski definition) is 24. The predicted molar refractivity (Wildman–Crippen MR) is 279 cm³/mol. The van der Waals surface area contributed by atoms with Crippen LogP contribution in [0.2, 0.25) is 0 Å². The zero-order valence-electron chi connectivity index (χ0n) is 40.9. The first-order valence-corrected chi connectivity index (χ1v) is 43.0. The Morgan fingerprint density at radius 2 is 0.257 bits per heavy atom. The van der Waals surface area contributed by atoms with Gasteiger partial charge >= 0.3 is 0 Å². The topological polar surface area (TPSA) is 482 Å². The van der Waals surface area contributed by atoms with Crippen molar-refractivity contribution in [2.75, 3.05) is 70.0 Å². The van der Waals surface area contributed by atoms with Crippen molar-refractivity contribution in [3.63, 3.8) is 0 Å². The lowest BCUT2D eigenvalue weighted by molar-refractivity contribution is 0.561. The van der Waals surface area contributed by atoms with Gasteiger partial charge in [0.05, 0.1) is 70.0 Å². The zero-order valence-corrected chi connectivity index (χ0v) is 50.7. The Kier molecular flexibility index (Phi) is 31.5. The van der Waals surface area contributed by atoms with Gasteiger partial charge in [-0.15, -0.1) is 24.8 Å². The molecule has 0 heterocycles. The minimum Gasteiger partial charge on any atom is -0.212 e.